The molecule has 22 heavy (non-hydrogen) atoms. The number of aryl methyl sites for hydroxylation is 1. The van der Waals surface area contributed by atoms with E-state index < -0.39 is 0 Å². The Morgan fingerprint density at radius 3 is 2.73 bits per heavy atom. The van der Waals surface area contributed by atoms with Crippen LogP contribution in [0, 0.1) is 0 Å². The van der Waals surface area contributed by atoms with Gasteiger partial charge in [0.1, 0.15) is 5.25 Å². The molecular weight excluding hydrogens is 294 g/mol. The van der Waals surface area contributed by atoms with E-state index in [2.05, 4.69) is 17.4 Å². The number of anilines is 1. The Balaban J connectivity index is 1.72. The number of carbonyl (C=O) groups is 1. The molecule has 4 heteroatoms. The molecule has 1 atom stereocenters. The fourth-order valence-electron chi connectivity index (χ4n) is 2.70. The average molecular weight is 313 g/mol. The van der Waals surface area contributed by atoms with Crippen molar-refractivity contribution >= 4 is 23.4 Å². The first-order valence-corrected chi connectivity index (χ1v) is 8.53. The molecular formula is C18H19NO2S. The van der Waals surface area contributed by atoms with Crippen molar-refractivity contribution in [2.24, 2.45) is 0 Å². The molecule has 114 valence electrons. The number of benzene rings is 2. The highest BCUT2D eigenvalue weighted by molar-refractivity contribution is 8.00. The van der Waals surface area contributed by atoms with Crippen molar-refractivity contribution < 1.29 is 9.90 Å². The van der Waals surface area contributed by atoms with E-state index in [4.69, 9.17) is 5.11 Å². The predicted molar refractivity (Wildman–Crippen MR) is 91.2 cm³/mol. The molecule has 3 rings (SSSR count). The second kappa shape index (κ2) is 6.99. The highest BCUT2D eigenvalue weighted by atomic mass is 32.2. The van der Waals surface area contributed by atoms with Crippen molar-refractivity contribution in [3.05, 3.63) is 65.2 Å². The van der Waals surface area contributed by atoms with Gasteiger partial charge in [0.15, 0.2) is 0 Å². The van der Waals surface area contributed by atoms with Crippen molar-refractivity contribution in [1.82, 2.24) is 0 Å². The Kier molecular flexibility index (Phi) is 4.80. The summed E-state index contributed by atoms with van der Waals surface area (Å²) in [5.74, 6) is 1.01. The van der Waals surface area contributed by atoms with Crippen molar-refractivity contribution in [1.29, 1.82) is 0 Å². The molecule has 2 aromatic rings. The first kappa shape index (κ1) is 15.1. The third-order valence-electron chi connectivity index (χ3n) is 3.85. The van der Waals surface area contributed by atoms with Crippen LogP contribution in [0.4, 0.5) is 5.69 Å². The molecule has 0 spiro atoms. The summed E-state index contributed by atoms with van der Waals surface area (Å²) in [5, 5.41) is 11.8. The summed E-state index contributed by atoms with van der Waals surface area (Å²) in [4.78, 5) is 12.6. The van der Waals surface area contributed by atoms with Crippen molar-refractivity contribution in [3.63, 3.8) is 0 Å². The van der Waals surface area contributed by atoms with Crippen molar-refractivity contribution in [3.8, 4) is 0 Å². The van der Waals surface area contributed by atoms with E-state index in [-0.39, 0.29) is 17.8 Å². The standard InChI is InChI=1S/C18H19NO2S/c20-11-9-13-5-7-15(8-6-13)19-18(21)17-16-4-2-1-3-14(16)10-12-22-17/h1-8,17,20H,9-12H2,(H,19,21)/t17-/m1/s1. The van der Waals surface area contributed by atoms with Gasteiger partial charge in [0.05, 0.1) is 0 Å². The summed E-state index contributed by atoms with van der Waals surface area (Å²) in [7, 11) is 0. The molecule has 0 saturated carbocycles. The van der Waals surface area contributed by atoms with Crippen LogP contribution in [0.1, 0.15) is 21.9 Å². The highest BCUT2D eigenvalue weighted by Gasteiger charge is 2.26. The number of hydrogen-bond donors (Lipinski definition) is 2. The fraction of sp³-hybridized carbons (Fsp3) is 0.278. The quantitative estimate of drug-likeness (QED) is 0.911. The van der Waals surface area contributed by atoms with Gasteiger partial charge in [0, 0.05) is 12.3 Å². The number of carbonyl (C=O) groups excluding carboxylic acids is 1. The first-order valence-electron chi connectivity index (χ1n) is 7.48. The predicted octanol–water partition coefficient (Wildman–Crippen LogP) is 3.19. The van der Waals surface area contributed by atoms with E-state index in [0.29, 0.717) is 6.42 Å². The summed E-state index contributed by atoms with van der Waals surface area (Å²) >= 11 is 1.70. The lowest BCUT2D eigenvalue weighted by Crippen LogP contribution is -2.23. The second-order valence-corrected chi connectivity index (χ2v) is 6.57. The van der Waals surface area contributed by atoms with Gasteiger partial charge in [-0.2, -0.15) is 0 Å². The molecule has 0 aliphatic carbocycles. The number of rotatable bonds is 4. The van der Waals surface area contributed by atoms with E-state index in [9.17, 15) is 4.79 Å². The third-order valence-corrected chi connectivity index (χ3v) is 5.09. The average Bonchev–Trinajstić information content (AvgIpc) is 2.56. The van der Waals surface area contributed by atoms with Gasteiger partial charge in [-0.1, -0.05) is 36.4 Å². The van der Waals surface area contributed by atoms with E-state index in [1.807, 2.05) is 36.4 Å². The SMILES string of the molecule is O=C(Nc1ccc(CCO)cc1)[C@@H]1SCCc2ccccc21. The van der Waals surface area contributed by atoms with Crippen LogP contribution in [0.3, 0.4) is 0 Å². The molecule has 0 fully saturated rings. The molecule has 1 aliphatic rings. The number of fused-ring (bicyclic) bond motifs is 1. The minimum absolute atomic E-state index is 0.0343. The van der Waals surface area contributed by atoms with Crippen LogP contribution in [0.25, 0.3) is 0 Å². The molecule has 0 saturated heterocycles. The van der Waals surface area contributed by atoms with Crippen LogP contribution in [0.2, 0.25) is 0 Å². The molecule has 2 aromatic carbocycles. The minimum Gasteiger partial charge on any atom is -0.396 e. The third kappa shape index (κ3) is 3.34. The maximum absolute atomic E-state index is 12.6. The largest absolute Gasteiger partial charge is 0.396 e. The number of aliphatic hydroxyl groups is 1. The topological polar surface area (TPSA) is 49.3 Å². The van der Waals surface area contributed by atoms with Crippen LogP contribution in [0.15, 0.2) is 48.5 Å². The van der Waals surface area contributed by atoms with Gasteiger partial charge in [0.2, 0.25) is 5.91 Å². The van der Waals surface area contributed by atoms with Gasteiger partial charge in [-0.25, -0.2) is 0 Å². The first-order chi connectivity index (χ1) is 10.8. The lowest BCUT2D eigenvalue weighted by molar-refractivity contribution is -0.115. The van der Waals surface area contributed by atoms with E-state index >= 15 is 0 Å². The molecule has 2 N–H and O–H groups in total. The Morgan fingerprint density at radius 2 is 1.95 bits per heavy atom. The van der Waals surface area contributed by atoms with Crippen LogP contribution in [-0.2, 0) is 17.6 Å². The number of thioether (sulfide) groups is 1. The number of hydrogen-bond acceptors (Lipinski definition) is 3. The lowest BCUT2D eigenvalue weighted by Gasteiger charge is -2.24. The van der Waals surface area contributed by atoms with Crippen molar-refractivity contribution in [2.75, 3.05) is 17.7 Å². The summed E-state index contributed by atoms with van der Waals surface area (Å²) < 4.78 is 0. The Bertz CT molecular complexity index is 654. The van der Waals surface area contributed by atoms with E-state index in [1.165, 1.54) is 5.56 Å². The van der Waals surface area contributed by atoms with E-state index in [1.54, 1.807) is 11.8 Å². The molecule has 1 amide bonds. The zero-order chi connectivity index (χ0) is 15.4. The summed E-state index contributed by atoms with van der Waals surface area (Å²) in [6.45, 7) is 0.140. The Labute approximate surface area is 134 Å². The van der Waals surface area contributed by atoms with Crippen LogP contribution in [0.5, 0.6) is 0 Å². The zero-order valence-corrected chi connectivity index (χ0v) is 13.1. The molecule has 3 nitrogen and oxygen atoms in total. The maximum Gasteiger partial charge on any atom is 0.242 e. The zero-order valence-electron chi connectivity index (χ0n) is 12.3. The summed E-state index contributed by atoms with van der Waals surface area (Å²) in [5.41, 5.74) is 4.28. The van der Waals surface area contributed by atoms with Gasteiger partial charge in [-0.3, -0.25) is 4.79 Å². The molecule has 0 radical (unpaired) electrons. The maximum atomic E-state index is 12.6. The van der Waals surface area contributed by atoms with Gasteiger partial charge in [0.25, 0.3) is 0 Å². The van der Waals surface area contributed by atoms with Crippen LogP contribution >= 0.6 is 11.8 Å². The Hall–Kier alpha value is -1.78. The molecule has 0 bridgehead atoms. The lowest BCUT2D eigenvalue weighted by atomic mass is 10.0. The number of amides is 1. The molecule has 0 aromatic heterocycles. The number of aliphatic hydroxyl groups excluding tert-OH is 1. The van der Waals surface area contributed by atoms with Gasteiger partial charge >= 0.3 is 0 Å². The number of nitrogens with one attached hydrogen (secondary N) is 1. The van der Waals surface area contributed by atoms with Gasteiger partial charge in [-0.05, 0) is 47.4 Å². The van der Waals surface area contributed by atoms with E-state index in [0.717, 1.165) is 29.0 Å². The van der Waals surface area contributed by atoms with Gasteiger partial charge < -0.3 is 10.4 Å². The highest BCUT2D eigenvalue weighted by Crippen LogP contribution is 2.37. The van der Waals surface area contributed by atoms with Crippen LogP contribution < -0.4 is 5.32 Å². The Morgan fingerprint density at radius 1 is 1.18 bits per heavy atom. The molecule has 1 aliphatic heterocycles. The second-order valence-electron chi connectivity index (χ2n) is 5.36. The monoisotopic (exact) mass is 313 g/mol. The van der Waals surface area contributed by atoms with Crippen molar-refractivity contribution in [2.45, 2.75) is 18.1 Å². The fourth-order valence-corrected chi connectivity index (χ4v) is 3.90. The molecule has 1 heterocycles. The smallest absolute Gasteiger partial charge is 0.242 e. The van der Waals surface area contributed by atoms with Crippen LogP contribution in [-0.4, -0.2) is 23.4 Å². The summed E-state index contributed by atoms with van der Waals surface area (Å²) in [6, 6.07) is 15.8. The minimum atomic E-state index is -0.137. The normalized spacial score (nSPS) is 16.9. The molecule has 0 unspecified atom stereocenters. The summed E-state index contributed by atoms with van der Waals surface area (Å²) in [6.07, 6.45) is 1.67. The van der Waals surface area contributed by atoms with Gasteiger partial charge in [-0.15, -0.1) is 11.8 Å².